The highest BCUT2D eigenvalue weighted by Crippen LogP contribution is 2.30. The molecule has 0 aliphatic carbocycles. The van der Waals surface area contributed by atoms with Gasteiger partial charge in [0.05, 0.1) is 19.4 Å². The van der Waals surface area contributed by atoms with E-state index in [9.17, 15) is 0 Å². The van der Waals surface area contributed by atoms with Crippen LogP contribution in [0.25, 0.3) is 0 Å². The molecule has 0 saturated carbocycles. The van der Waals surface area contributed by atoms with Crippen molar-refractivity contribution in [2.75, 3.05) is 26.1 Å². The van der Waals surface area contributed by atoms with Crippen LogP contribution in [0.15, 0.2) is 23.2 Å². The Morgan fingerprint density at radius 3 is 2.56 bits per heavy atom. The van der Waals surface area contributed by atoms with Crippen molar-refractivity contribution in [3.63, 3.8) is 0 Å². The fraction of sp³-hybridized carbons (Fsp3) is 0.500. The second-order valence-corrected chi connectivity index (χ2v) is 6.05. The number of methoxy groups -OCH3 is 1. The van der Waals surface area contributed by atoms with Crippen molar-refractivity contribution >= 4 is 11.6 Å². The van der Waals surface area contributed by atoms with Gasteiger partial charge in [0.15, 0.2) is 17.5 Å². The van der Waals surface area contributed by atoms with Crippen LogP contribution in [0.1, 0.15) is 37.7 Å². The van der Waals surface area contributed by atoms with Gasteiger partial charge in [0.25, 0.3) is 0 Å². The van der Waals surface area contributed by atoms with Gasteiger partial charge in [-0.15, -0.1) is 0 Å². The van der Waals surface area contributed by atoms with Crippen LogP contribution in [0.4, 0.5) is 5.69 Å². The van der Waals surface area contributed by atoms with Crippen molar-refractivity contribution in [1.82, 2.24) is 15.1 Å². The Morgan fingerprint density at radius 2 is 1.96 bits per heavy atom. The van der Waals surface area contributed by atoms with Crippen molar-refractivity contribution in [2.45, 2.75) is 40.2 Å². The minimum Gasteiger partial charge on any atom is -0.493 e. The quantitative estimate of drug-likeness (QED) is 0.549. The summed E-state index contributed by atoms with van der Waals surface area (Å²) in [5.74, 6) is 2.10. The molecule has 0 amide bonds. The normalized spacial score (nSPS) is 11.4. The number of aromatic nitrogens is 2. The second kappa shape index (κ2) is 9.85. The SMILES string of the molecule is CCOc1ccc(NC(=NC)NCc2c(CC)nn(C)c2CC)cc1OC. The topological polar surface area (TPSA) is 72.7 Å². The van der Waals surface area contributed by atoms with E-state index in [-0.39, 0.29) is 0 Å². The van der Waals surface area contributed by atoms with Crippen LogP contribution in [-0.2, 0) is 26.4 Å². The molecule has 2 N–H and O–H groups in total. The van der Waals surface area contributed by atoms with Gasteiger partial charge in [-0.2, -0.15) is 5.10 Å². The summed E-state index contributed by atoms with van der Waals surface area (Å²) in [7, 11) is 5.39. The average molecular weight is 374 g/mol. The molecule has 27 heavy (non-hydrogen) atoms. The Morgan fingerprint density at radius 1 is 1.19 bits per heavy atom. The van der Waals surface area contributed by atoms with Crippen molar-refractivity contribution < 1.29 is 9.47 Å². The first kappa shape index (κ1) is 20.6. The van der Waals surface area contributed by atoms with Gasteiger partial charge in [0, 0.05) is 43.7 Å². The molecule has 0 atom stereocenters. The van der Waals surface area contributed by atoms with Gasteiger partial charge in [0.1, 0.15) is 0 Å². The van der Waals surface area contributed by atoms with Crippen molar-refractivity contribution in [1.29, 1.82) is 0 Å². The van der Waals surface area contributed by atoms with Gasteiger partial charge in [-0.1, -0.05) is 13.8 Å². The first-order chi connectivity index (χ1) is 13.1. The first-order valence-corrected chi connectivity index (χ1v) is 9.39. The van der Waals surface area contributed by atoms with Crippen LogP contribution in [0.5, 0.6) is 11.5 Å². The second-order valence-electron chi connectivity index (χ2n) is 6.05. The lowest BCUT2D eigenvalue weighted by molar-refractivity contribution is 0.311. The van der Waals surface area contributed by atoms with E-state index >= 15 is 0 Å². The summed E-state index contributed by atoms with van der Waals surface area (Å²) in [4.78, 5) is 4.33. The molecular formula is C20H31N5O2. The Bertz CT molecular complexity index is 783. The molecule has 0 aliphatic heterocycles. The van der Waals surface area contributed by atoms with Crippen molar-refractivity contribution in [3.8, 4) is 11.5 Å². The van der Waals surface area contributed by atoms with Gasteiger partial charge >= 0.3 is 0 Å². The molecule has 148 valence electrons. The fourth-order valence-electron chi connectivity index (χ4n) is 3.10. The smallest absolute Gasteiger partial charge is 0.195 e. The number of rotatable bonds is 8. The Balaban J connectivity index is 2.11. The van der Waals surface area contributed by atoms with Crippen LogP contribution in [-0.4, -0.2) is 36.5 Å². The van der Waals surface area contributed by atoms with Crippen LogP contribution in [0.3, 0.4) is 0 Å². The number of aryl methyl sites for hydroxylation is 2. The molecule has 1 aromatic heterocycles. The van der Waals surface area contributed by atoms with Gasteiger partial charge in [-0.25, -0.2) is 0 Å². The maximum Gasteiger partial charge on any atom is 0.195 e. The lowest BCUT2D eigenvalue weighted by Crippen LogP contribution is -2.30. The van der Waals surface area contributed by atoms with Crippen molar-refractivity contribution in [3.05, 3.63) is 35.2 Å². The molecule has 7 heteroatoms. The summed E-state index contributed by atoms with van der Waals surface area (Å²) in [6, 6.07) is 5.74. The fourth-order valence-corrected chi connectivity index (χ4v) is 3.10. The summed E-state index contributed by atoms with van der Waals surface area (Å²) < 4.78 is 13.0. The number of hydrogen-bond donors (Lipinski definition) is 2. The Labute approximate surface area is 161 Å². The molecule has 0 saturated heterocycles. The zero-order valence-corrected chi connectivity index (χ0v) is 17.2. The third-order valence-electron chi connectivity index (χ3n) is 4.41. The lowest BCUT2D eigenvalue weighted by Gasteiger charge is -2.15. The standard InChI is InChI=1S/C20H31N5O2/c1-7-16-15(17(8-2)25(5)24-16)13-22-20(21-4)23-14-10-11-18(27-9-3)19(12-14)26-6/h10-12H,7-9,13H2,1-6H3,(H2,21,22,23). The van der Waals surface area contributed by atoms with E-state index in [0.717, 1.165) is 30.0 Å². The first-order valence-electron chi connectivity index (χ1n) is 9.39. The highest BCUT2D eigenvalue weighted by atomic mass is 16.5. The molecule has 1 aromatic carbocycles. The number of benzene rings is 1. The third-order valence-corrected chi connectivity index (χ3v) is 4.41. The maximum absolute atomic E-state index is 5.56. The van der Waals surface area contributed by atoms with E-state index in [2.05, 4.69) is 34.6 Å². The number of nitrogens with zero attached hydrogens (tertiary/aromatic N) is 3. The number of anilines is 1. The summed E-state index contributed by atoms with van der Waals surface area (Å²) in [6.07, 6.45) is 1.86. The maximum atomic E-state index is 5.56. The van der Waals surface area contributed by atoms with Crippen LogP contribution < -0.4 is 20.1 Å². The molecule has 0 fully saturated rings. The van der Waals surface area contributed by atoms with Crippen LogP contribution in [0.2, 0.25) is 0 Å². The average Bonchev–Trinajstić information content (AvgIpc) is 3.00. The molecular weight excluding hydrogens is 342 g/mol. The predicted molar refractivity (Wildman–Crippen MR) is 110 cm³/mol. The number of ether oxygens (including phenoxy) is 2. The van der Waals surface area contributed by atoms with Crippen LogP contribution in [0, 0.1) is 0 Å². The summed E-state index contributed by atoms with van der Waals surface area (Å²) in [6.45, 7) is 7.50. The van der Waals surface area contributed by atoms with E-state index in [4.69, 9.17) is 9.47 Å². The molecule has 7 nitrogen and oxygen atoms in total. The lowest BCUT2D eigenvalue weighted by atomic mass is 10.1. The number of guanidine groups is 1. The zero-order valence-electron chi connectivity index (χ0n) is 17.2. The minimum atomic E-state index is 0.594. The predicted octanol–water partition coefficient (Wildman–Crippen LogP) is 3.14. The molecule has 1 heterocycles. The number of nitrogens with one attached hydrogen (secondary N) is 2. The van der Waals surface area contributed by atoms with E-state index in [1.54, 1.807) is 14.2 Å². The molecule has 2 rings (SSSR count). The van der Waals surface area contributed by atoms with E-state index in [1.165, 1.54) is 11.3 Å². The molecule has 0 aliphatic rings. The monoisotopic (exact) mass is 373 g/mol. The van der Waals surface area contributed by atoms with Crippen LogP contribution >= 0.6 is 0 Å². The van der Waals surface area contributed by atoms with Crippen molar-refractivity contribution in [2.24, 2.45) is 12.0 Å². The molecule has 0 spiro atoms. The van der Waals surface area contributed by atoms with Gasteiger partial charge in [-0.05, 0) is 31.9 Å². The zero-order chi connectivity index (χ0) is 19.8. The number of hydrogen-bond acceptors (Lipinski definition) is 4. The minimum absolute atomic E-state index is 0.594. The summed E-state index contributed by atoms with van der Waals surface area (Å²) >= 11 is 0. The molecule has 0 radical (unpaired) electrons. The number of aliphatic imine (C=N–C) groups is 1. The van der Waals surface area contributed by atoms with Gasteiger partial charge in [0.2, 0.25) is 0 Å². The van der Waals surface area contributed by atoms with E-state index in [0.29, 0.717) is 24.9 Å². The van der Waals surface area contributed by atoms with E-state index in [1.807, 2.05) is 36.9 Å². The molecule has 2 aromatic rings. The Hall–Kier alpha value is -2.70. The van der Waals surface area contributed by atoms with E-state index < -0.39 is 0 Å². The van der Waals surface area contributed by atoms with Gasteiger partial charge in [-0.3, -0.25) is 9.67 Å². The Kier molecular flexibility index (Phi) is 7.52. The largest absolute Gasteiger partial charge is 0.493 e. The summed E-state index contributed by atoms with van der Waals surface area (Å²) in [5.41, 5.74) is 4.49. The third kappa shape index (κ3) is 4.93. The molecule has 0 unspecified atom stereocenters. The van der Waals surface area contributed by atoms with Gasteiger partial charge < -0.3 is 20.1 Å². The highest BCUT2D eigenvalue weighted by Gasteiger charge is 2.14. The highest BCUT2D eigenvalue weighted by molar-refractivity contribution is 5.93. The molecule has 0 bridgehead atoms. The summed E-state index contributed by atoms with van der Waals surface area (Å²) in [5, 5.41) is 11.3.